The third-order valence-electron chi connectivity index (χ3n) is 6.04. The van der Waals surface area contributed by atoms with Gasteiger partial charge >= 0.3 is 0 Å². The summed E-state index contributed by atoms with van der Waals surface area (Å²) in [5.41, 5.74) is 2.70. The summed E-state index contributed by atoms with van der Waals surface area (Å²) in [7, 11) is -2.35. The maximum atomic E-state index is 13.7. The van der Waals surface area contributed by atoms with Crippen molar-refractivity contribution in [3.05, 3.63) is 126 Å². The zero-order valence-electron chi connectivity index (χ0n) is 20.9. The van der Waals surface area contributed by atoms with Crippen LogP contribution in [0.25, 0.3) is 0 Å². The van der Waals surface area contributed by atoms with Crippen molar-refractivity contribution >= 4 is 15.7 Å². The average molecular weight is 517 g/mol. The number of anilines is 1. The molecule has 37 heavy (non-hydrogen) atoms. The molecule has 4 aromatic rings. The Labute approximate surface area is 219 Å². The van der Waals surface area contributed by atoms with Crippen molar-refractivity contribution in [2.75, 3.05) is 24.5 Å². The number of methoxy groups -OCH3 is 1. The standard InChI is InChI=1S/C30H32N2O4S/c1-36-29-19-17-27(18-20-29)32(37(34,35)30-15-9-4-10-16-30)24-28(33)23-31(21-25-11-5-2-6-12-25)22-26-13-7-3-8-14-26/h2-20,28,33H,21-24H2,1H3/t28-/m1/s1. The molecule has 0 saturated heterocycles. The molecule has 4 aromatic carbocycles. The molecule has 0 bridgehead atoms. The van der Waals surface area contributed by atoms with Crippen LogP contribution in [0.15, 0.2) is 120 Å². The van der Waals surface area contributed by atoms with E-state index >= 15 is 0 Å². The summed E-state index contributed by atoms with van der Waals surface area (Å²) in [5.74, 6) is 0.623. The minimum atomic E-state index is -3.91. The second-order valence-corrected chi connectivity index (χ2v) is 10.7. The fourth-order valence-corrected chi connectivity index (χ4v) is 5.75. The molecule has 192 valence electrons. The molecule has 4 rings (SSSR count). The first-order chi connectivity index (χ1) is 18.0. The Morgan fingerprint density at radius 1 is 0.703 bits per heavy atom. The smallest absolute Gasteiger partial charge is 0.264 e. The maximum Gasteiger partial charge on any atom is 0.264 e. The van der Waals surface area contributed by atoms with Gasteiger partial charge in [0.15, 0.2) is 0 Å². The molecule has 0 radical (unpaired) electrons. The van der Waals surface area contributed by atoms with Crippen LogP contribution in [-0.4, -0.2) is 44.7 Å². The monoisotopic (exact) mass is 516 g/mol. The zero-order chi connectivity index (χ0) is 26.1. The van der Waals surface area contributed by atoms with Gasteiger partial charge in [-0.3, -0.25) is 9.21 Å². The van der Waals surface area contributed by atoms with E-state index in [1.165, 1.54) is 4.31 Å². The number of sulfonamides is 1. The minimum Gasteiger partial charge on any atom is -0.497 e. The molecule has 6 nitrogen and oxygen atoms in total. The molecule has 0 fully saturated rings. The number of ether oxygens (including phenoxy) is 1. The second kappa shape index (κ2) is 12.5. The molecule has 0 aliphatic heterocycles. The number of aliphatic hydroxyl groups is 1. The molecule has 0 heterocycles. The number of hydrogen-bond acceptors (Lipinski definition) is 5. The number of rotatable bonds is 12. The van der Waals surface area contributed by atoms with Crippen LogP contribution in [0.3, 0.4) is 0 Å². The summed E-state index contributed by atoms with van der Waals surface area (Å²) < 4.78 is 33.8. The fraction of sp³-hybridized carbons (Fsp3) is 0.200. The molecule has 7 heteroatoms. The number of benzene rings is 4. The first kappa shape index (κ1) is 26.4. The van der Waals surface area contributed by atoms with E-state index < -0.39 is 16.1 Å². The zero-order valence-corrected chi connectivity index (χ0v) is 21.7. The summed E-state index contributed by atoms with van der Waals surface area (Å²) >= 11 is 0. The van der Waals surface area contributed by atoms with E-state index in [0.29, 0.717) is 31.1 Å². The molecule has 0 aromatic heterocycles. The summed E-state index contributed by atoms with van der Waals surface area (Å²) in [4.78, 5) is 2.31. The highest BCUT2D eigenvalue weighted by Gasteiger charge is 2.28. The van der Waals surface area contributed by atoms with Gasteiger partial charge < -0.3 is 9.84 Å². The predicted molar refractivity (Wildman–Crippen MR) is 147 cm³/mol. The van der Waals surface area contributed by atoms with Crippen LogP contribution >= 0.6 is 0 Å². The highest BCUT2D eigenvalue weighted by Crippen LogP contribution is 2.26. The first-order valence-corrected chi connectivity index (χ1v) is 13.6. The van der Waals surface area contributed by atoms with Crippen LogP contribution in [0.4, 0.5) is 5.69 Å². The van der Waals surface area contributed by atoms with Gasteiger partial charge in [0, 0.05) is 19.6 Å². The molecule has 0 aliphatic carbocycles. The van der Waals surface area contributed by atoms with Gasteiger partial charge in [-0.15, -0.1) is 0 Å². The molecule has 0 saturated carbocycles. The van der Waals surface area contributed by atoms with Gasteiger partial charge in [0.05, 0.1) is 30.3 Å². The Morgan fingerprint density at radius 3 is 1.68 bits per heavy atom. The van der Waals surface area contributed by atoms with Crippen molar-refractivity contribution in [2.45, 2.75) is 24.1 Å². The van der Waals surface area contributed by atoms with E-state index in [2.05, 4.69) is 4.90 Å². The Bertz CT molecular complexity index is 1290. The van der Waals surface area contributed by atoms with E-state index in [4.69, 9.17) is 4.74 Å². The Morgan fingerprint density at radius 2 is 1.19 bits per heavy atom. The molecule has 1 atom stereocenters. The summed E-state index contributed by atoms with van der Waals surface area (Å²) in [5, 5.41) is 11.2. The molecule has 0 aliphatic rings. The van der Waals surface area contributed by atoms with Crippen LogP contribution in [0.1, 0.15) is 11.1 Å². The van der Waals surface area contributed by atoms with Gasteiger partial charge in [0.1, 0.15) is 5.75 Å². The number of nitrogens with zero attached hydrogens (tertiary/aromatic N) is 2. The van der Waals surface area contributed by atoms with E-state index in [1.54, 1.807) is 61.7 Å². The lowest BCUT2D eigenvalue weighted by Crippen LogP contribution is -2.42. The fourth-order valence-electron chi connectivity index (χ4n) is 4.23. The molecule has 0 unspecified atom stereocenters. The molecule has 0 amide bonds. The van der Waals surface area contributed by atoms with Crippen LogP contribution in [0.2, 0.25) is 0 Å². The Kier molecular flexibility index (Phi) is 8.95. The van der Waals surface area contributed by atoms with Gasteiger partial charge in [-0.05, 0) is 47.5 Å². The van der Waals surface area contributed by atoms with Crippen molar-refractivity contribution in [3.63, 3.8) is 0 Å². The topological polar surface area (TPSA) is 70.1 Å². The lowest BCUT2D eigenvalue weighted by atomic mass is 10.1. The summed E-state index contributed by atoms with van der Waals surface area (Å²) in [6.07, 6.45) is -0.937. The largest absolute Gasteiger partial charge is 0.497 e. The van der Waals surface area contributed by atoms with E-state index in [-0.39, 0.29) is 11.4 Å². The van der Waals surface area contributed by atoms with Gasteiger partial charge in [-0.25, -0.2) is 8.42 Å². The van der Waals surface area contributed by atoms with Gasteiger partial charge in [-0.1, -0.05) is 78.9 Å². The molecule has 1 N–H and O–H groups in total. The normalized spacial score (nSPS) is 12.3. The van der Waals surface area contributed by atoms with Crippen molar-refractivity contribution in [1.82, 2.24) is 4.90 Å². The average Bonchev–Trinajstić information content (AvgIpc) is 2.93. The lowest BCUT2D eigenvalue weighted by molar-refractivity contribution is 0.111. The van der Waals surface area contributed by atoms with Crippen molar-refractivity contribution in [1.29, 1.82) is 0 Å². The van der Waals surface area contributed by atoms with Gasteiger partial charge in [0.25, 0.3) is 10.0 Å². The van der Waals surface area contributed by atoms with E-state index in [1.807, 2.05) is 60.7 Å². The Hall–Kier alpha value is -3.65. The van der Waals surface area contributed by atoms with Crippen molar-refractivity contribution in [3.8, 4) is 5.75 Å². The molecule has 0 spiro atoms. The number of hydrogen-bond donors (Lipinski definition) is 1. The van der Waals surface area contributed by atoms with Crippen LogP contribution in [-0.2, 0) is 23.1 Å². The van der Waals surface area contributed by atoms with Crippen LogP contribution in [0, 0.1) is 0 Å². The Balaban J connectivity index is 1.59. The van der Waals surface area contributed by atoms with Crippen molar-refractivity contribution in [2.24, 2.45) is 0 Å². The quantitative estimate of drug-likeness (QED) is 0.288. The van der Waals surface area contributed by atoms with Crippen LogP contribution in [0.5, 0.6) is 5.75 Å². The third kappa shape index (κ3) is 7.20. The van der Waals surface area contributed by atoms with Crippen LogP contribution < -0.4 is 9.04 Å². The summed E-state index contributed by atoms with van der Waals surface area (Å²) in [6.45, 7) is 1.45. The minimum absolute atomic E-state index is 0.0936. The number of aliphatic hydroxyl groups excluding tert-OH is 1. The highest BCUT2D eigenvalue weighted by atomic mass is 32.2. The maximum absolute atomic E-state index is 13.7. The highest BCUT2D eigenvalue weighted by molar-refractivity contribution is 7.92. The predicted octanol–water partition coefficient (Wildman–Crippen LogP) is 4.95. The van der Waals surface area contributed by atoms with E-state index in [0.717, 1.165) is 11.1 Å². The molecular weight excluding hydrogens is 484 g/mol. The first-order valence-electron chi connectivity index (χ1n) is 12.2. The van der Waals surface area contributed by atoms with Gasteiger partial charge in [0.2, 0.25) is 0 Å². The third-order valence-corrected chi connectivity index (χ3v) is 7.84. The van der Waals surface area contributed by atoms with E-state index in [9.17, 15) is 13.5 Å². The second-order valence-electron chi connectivity index (χ2n) is 8.84. The van der Waals surface area contributed by atoms with Crippen molar-refractivity contribution < 1.29 is 18.3 Å². The van der Waals surface area contributed by atoms with Gasteiger partial charge in [-0.2, -0.15) is 0 Å². The summed E-state index contributed by atoms with van der Waals surface area (Å²) in [6, 6.07) is 35.2. The molecular formula is C30H32N2O4S. The lowest BCUT2D eigenvalue weighted by Gasteiger charge is -2.30. The SMILES string of the molecule is COc1ccc(N(C[C@H](O)CN(Cc2ccccc2)Cc2ccccc2)S(=O)(=O)c2ccccc2)cc1.